The molecule has 40 N–H and O–H groups in total. The normalized spacial score (nSPS) is 12.8. The highest BCUT2D eigenvalue weighted by molar-refractivity contribution is 5.95. The highest BCUT2D eigenvalue weighted by atomic mass is 16.2. The van der Waals surface area contributed by atoms with E-state index in [9.17, 15) is 57.5 Å². The van der Waals surface area contributed by atoms with Gasteiger partial charge in [0.1, 0.15) is 0 Å². The number of ketones is 4. The first kappa shape index (κ1) is 113. The van der Waals surface area contributed by atoms with Gasteiger partial charge in [-0.3, -0.25) is 97.5 Å². The van der Waals surface area contributed by atoms with E-state index in [-0.39, 0.29) is 237 Å². The van der Waals surface area contributed by atoms with Crippen LogP contribution in [0.5, 0.6) is 0 Å². The van der Waals surface area contributed by atoms with Crippen molar-refractivity contribution >= 4 is 118 Å². The highest BCUT2D eigenvalue weighted by Gasteiger charge is 2.32. The maximum atomic E-state index is 14.3. The Morgan fingerprint density at radius 2 is 0.435 bits per heavy atom. The monoisotopic (exact) mass is 1760 g/mol. The molecule has 0 spiro atoms. The van der Waals surface area contributed by atoms with E-state index < -0.39 is 77.1 Å². The van der Waals surface area contributed by atoms with Crippen LogP contribution in [0.25, 0.3) is 0 Å². The van der Waals surface area contributed by atoms with Crippen LogP contribution in [0.2, 0.25) is 0 Å². The third-order valence-electron chi connectivity index (χ3n) is 20.1. The molecule has 0 heterocycles. The van der Waals surface area contributed by atoms with Crippen molar-refractivity contribution in [1.82, 2.24) is 42.5 Å². The molecule has 0 rings (SSSR count). The lowest BCUT2D eigenvalue weighted by Crippen LogP contribution is -2.43. The summed E-state index contributed by atoms with van der Waals surface area (Å²) in [5.74, 6) is -7.96. The molecule has 8 amide bonds. The molecule has 0 aromatic rings. The van der Waals surface area contributed by atoms with E-state index in [1.165, 1.54) is 0 Å². The number of aliphatic imine (C=N–C) groups is 8. The van der Waals surface area contributed by atoms with Crippen LogP contribution < -0.4 is 134 Å². The van der Waals surface area contributed by atoms with Crippen molar-refractivity contribution in [3.8, 4) is 0 Å². The lowest BCUT2D eigenvalue weighted by molar-refractivity contribution is -0.132. The fraction of sp³-hybridized carbons (Fsp3) is 0.750. The molecule has 44 heteroatoms. The van der Waals surface area contributed by atoms with Gasteiger partial charge in [-0.05, 0) is 161 Å². The molecule has 0 aromatic heterocycles. The molecule has 0 fully saturated rings. The summed E-state index contributed by atoms with van der Waals surface area (Å²) in [6.45, 7) is 8.34. The van der Waals surface area contributed by atoms with Crippen molar-refractivity contribution in [2.24, 2.45) is 161 Å². The number of carbonyl (C=O) groups is 12. The second kappa shape index (κ2) is 70.0. The Morgan fingerprint density at radius 1 is 0.242 bits per heavy atom. The number of nitrogens with zero attached hydrogens (tertiary/aromatic N) is 8. The van der Waals surface area contributed by atoms with Gasteiger partial charge in [0.05, 0.1) is 24.2 Å². The number of rotatable bonds is 76. The maximum absolute atomic E-state index is 14.3. The van der Waals surface area contributed by atoms with Crippen LogP contribution >= 0.6 is 0 Å². The summed E-state index contributed by atoms with van der Waals surface area (Å²) in [5.41, 5.74) is 88.5. The molecule has 0 radical (unpaired) electrons. The van der Waals surface area contributed by atoms with Crippen molar-refractivity contribution in [2.45, 2.75) is 276 Å². The van der Waals surface area contributed by atoms with Gasteiger partial charge in [0.2, 0.25) is 47.3 Å². The van der Waals surface area contributed by atoms with Crippen LogP contribution in [0, 0.1) is 29.6 Å². The molecule has 0 aromatic carbocycles. The zero-order valence-corrected chi connectivity index (χ0v) is 73.9. The van der Waals surface area contributed by atoms with Gasteiger partial charge in [-0.15, -0.1) is 0 Å². The Morgan fingerprint density at radius 3 is 0.645 bits per heavy atom. The number of hydrogen-bond acceptors (Lipinski definition) is 20. The van der Waals surface area contributed by atoms with Crippen molar-refractivity contribution in [3.63, 3.8) is 0 Å². The molecule has 0 bridgehead atoms. The van der Waals surface area contributed by atoms with Gasteiger partial charge in [0, 0.05) is 153 Å². The molecule has 0 aliphatic heterocycles. The molecule has 8 atom stereocenters. The van der Waals surface area contributed by atoms with Crippen LogP contribution in [0.3, 0.4) is 0 Å². The van der Waals surface area contributed by atoms with Gasteiger partial charge in [0.25, 0.3) is 0 Å². The van der Waals surface area contributed by atoms with Crippen LogP contribution in [0.15, 0.2) is 39.9 Å². The summed E-state index contributed by atoms with van der Waals surface area (Å²) in [6.07, 6.45) is 11.5. The molecule has 124 heavy (non-hydrogen) atoms. The van der Waals surface area contributed by atoms with Gasteiger partial charge >= 0.3 is 0 Å². The Labute approximate surface area is 731 Å². The van der Waals surface area contributed by atoms with Crippen LogP contribution in [-0.2, 0) is 57.5 Å². The number of hydrogen-bond donors (Lipinski definition) is 24. The molecule has 0 saturated carbocycles. The van der Waals surface area contributed by atoms with E-state index in [0.717, 1.165) is 0 Å². The van der Waals surface area contributed by atoms with E-state index in [4.69, 9.17) is 91.7 Å². The summed E-state index contributed by atoms with van der Waals surface area (Å²) < 4.78 is 0. The summed E-state index contributed by atoms with van der Waals surface area (Å²) in [7, 11) is 0. The molecular weight excluding hydrogens is 1600 g/mol. The molecule has 0 aliphatic rings. The van der Waals surface area contributed by atoms with E-state index in [2.05, 4.69) is 82.5 Å². The SMILES string of the molecule is CCC(CCCN=C(N)N)C(=O)NCCCCCC(=O)NC(CCCN=C(N)N)C(=O)CC(CCCN=C(N)N)C(=O)NCCCCCC(=O)NC(CCCN=C(N)N)C(=O)CC(CCCN=C(N)N)C(=O)NCCCCCC(=O)NC(CCCN=C(N)N)C(=O)CC(CCCN=C(N)N)C(=O)NCCCCCC(=O)NC(CCCN=C(N)N)C(=O)C(C)C. The van der Waals surface area contributed by atoms with Gasteiger partial charge in [-0.2, -0.15) is 0 Å². The maximum Gasteiger partial charge on any atom is 0.223 e. The average Bonchev–Trinajstić information content (AvgIpc) is 0.898. The highest BCUT2D eigenvalue weighted by Crippen LogP contribution is 2.22. The predicted octanol–water partition coefficient (Wildman–Crippen LogP) is -2.96. The molecule has 0 aliphatic carbocycles. The van der Waals surface area contributed by atoms with E-state index in [1.54, 1.807) is 13.8 Å². The van der Waals surface area contributed by atoms with Crippen LogP contribution in [-0.4, -0.2) is 221 Å². The molecule has 8 unspecified atom stereocenters. The molecule has 44 nitrogen and oxygen atoms in total. The van der Waals surface area contributed by atoms with Crippen LogP contribution in [0.1, 0.15) is 252 Å². The first-order chi connectivity index (χ1) is 58.9. The first-order valence-electron chi connectivity index (χ1n) is 43.8. The van der Waals surface area contributed by atoms with Gasteiger partial charge < -0.3 is 134 Å². The number of carbonyl (C=O) groups excluding carboxylic acids is 12. The Hall–Kier alpha value is -11.4. The number of unbranched alkanes of at least 4 members (excludes halogenated alkanes) is 8. The third-order valence-corrected chi connectivity index (χ3v) is 20.1. The van der Waals surface area contributed by atoms with Crippen molar-refractivity contribution in [3.05, 3.63) is 0 Å². The number of nitrogens with two attached hydrogens (primary N) is 16. The van der Waals surface area contributed by atoms with Crippen LogP contribution in [0.4, 0.5) is 0 Å². The van der Waals surface area contributed by atoms with E-state index >= 15 is 0 Å². The van der Waals surface area contributed by atoms with Crippen molar-refractivity contribution < 1.29 is 57.5 Å². The fourth-order valence-electron chi connectivity index (χ4n) is 13.3. The summed E-state index contributed by atoms with van der Waals surface area (Å²) in [5, 5.41) is 23.1. The minimum absolute atomic E-state index is 0.00292. The zero-order valence-electron chi connectivity index (χ0n) is 73.9. The number of Topliss-reactive ketones (excluding diaryl/α,β-unsaturated/α-hetero) is 4. The van der Waals surface area contributed by atoms with Gasteiger partial charge in [-0.25, -0.2) is 0 Å². The van der Waals surface area contributed by atoms with Crippen molar-refractivity contribution in [1.29, 1.82) is 0 Å². The van der Waals surface area contributed by atoms with Crippen molar-refractivity contribution in [2.75, 3.05) is 78.5 Å². The number of amides is 8. The van der Waals surface area contributed by atoms with Gasteiger partial charge in [-0.1, -0.05) is 46.5 Å². The largest absolute Gasteiger partial charge is 0.370 e. The summed E-state index contributed by atoms with van der Waals surface area (Å²) in [4.78, 5) is 196. The zero-order chi connectivity index (χ0) is 93.0. The predicted molar refractivity (Wildman–Crippen MR) is 486 cm³/mol. The molecule has 706 valence electrons. The molecular formula is C80H154N32O12. The second-order valence-corrected chi connectivity index (χ2v) is 31.2. The summed E-state index contributed by atoms with van der Waals surface area (Å²) in [6, 6.07) is -3.67. The Kier molecular flexibility index (Phi) is 63.6. The first-order valence-corrected chi connectivity index (χ1v) is 43.8. The average molecular weight is 1760 g/mol. The minimum Gasteiger partial charge on any atom is -0.370 e. The van der Waals surface area contributed by atoms with E-state index in [1.807, 2.05) is 6.92 Å². The quantitative estimate of drug-likeness (QED) is 0.0164. The fourth-order valence-corrected chi connectivity index (χ4v) is 13.3. The number of nitrogens with one attached hydrogen (secondary N) is 8. The topological polar surface area (TPSA) is 816 Å². The minimum atomic E-state index is -1.03. The Balaban J connectivity index is 6.05. The lowest BCUT2D eigenvalue weighted by atomic mass is 9.91. The third kappa shape index (κ3) is 61.8. The van der Waals surface area contributed by atoms with Gasteiger partial charge in [0.15, 0.2) is 70.8 Å². The van der Waals surface area contributed by atoms with E-state index in [0.29, 0.717) is 167 Å². The second-order valence-electron chi connectivity index (χ2n) is 31.2. The summed E-state index contributed by atoms with van der Waals surface area (Å²) >= 11 is 0. The lowest BCUT2D eigenvalue weighted by Gasteiger charge is -2.22. The smallest absolute Gasteiger partial charge is 0.223 e. The standard InChI is InChI=1S/C80H154N32O12/c1-4-53(25-17-41-101-73(81)82)69(121)97-37-13-5-9-33-64(116)109-57(29-21-45-105-77(89)90)61(113)49-54(26-18-42-102-74(83)84)70(122)98-38-14-6-10-34-65(117)110-58(30-22-46-106-78(91)92)62(114)50-55(27-19-43-103-75(85)86)71(123)99-39-15-7-11-35-66(118)111-59(31-23-47-107-79(93)94)63(115)51-56(28-20-44-104-76(87)88)72(124)100-40-16-8-12-36-67(119)112-60(68(120)52(2)3)32-24-48-108-80(95)96/h52-60H,4-51H2,1-3H3,(H,97,121)(H,98,122)(H,99,123)(H,100,124)(H,109,116)(H,110,117)(H,111,118)(H,112,119)(H4,81,82,101)(H4,83,84,102)(H4,85,86,103)(H4,87,88,104)(H4,89,90,105)(H4,91,92,106)(H4,93,94,107)(H4,95,96,108). The molecule has 0 saturated heterocycles. The number of guanidine groups is 8. The Bertz CT molecular complexity index is 3430.